The summed E-state index contributed by atoms with van der Waals surface area (Å²) in [6.45, 7) is 2.68. The van der Waals surface area contributed by atoms with Crippen LogP contribution >= 0.6 is 47.8 Å². The van der Waals surface area contributed by atoms with Gasteiger partial charge < -0.3 is 4.74 Å². The Morgan fingerprint density at radius 2 is 1.65 bits per heavy atom. The zero-order valence-electron chi connectivity index (χ0n) is 11.1. The lowest BCUT2D eigenvalue weighted by Crippen LogP contribution is -2.28. The minimum atomic E-state index is -0.368. The fourth-order valence-electron chi connectivity index (χ4n) is 1.90. The SMILES string of the molecule is CC(CBr)(OCc1ccc(Br)cc1)c1ccccc1Br. The summed E-state index contributed by atoms with van der Waals surface area (Å²) in [5.41, 5.74) is 1.94. The quantitative estimate of drug-likeness (QED) is 0.492. The van der Waals surface area contributed by atoms with Gasteiger partial charge in [-0.25, -0.2) is 0 Å². The molecule has 0 aliphatic carbocycles. The van der Waals surface area contributed by atoms with Crippen molar-refractivity contribution < 1.29 is 4.74 Å². The second kappa shape index (κ2) is 7.21. The third-order valence-corrected chi connectivity index (χ3v) is 5.46. The lowest BCUT2D eigenvalue weighted by molar-refractivity contribution is -0.0294. The van der Waals surface area contributed by atoms with E-state index in [0.29, 0.717) is 6.61 Å². The number of rotatable bonds is 5. The third-order valence-electron chi connectivity index (χ3n) is 3.17. The molecule has 0 radical (unpaired) electrons. The monoisotopic (exact) mass is 460 g/mol. The number of halogens is 3. The topological polar surface area (TPSA) is 9.23 Å². The number of hydrogen-bond acceptors (Lipinski definition) is 1. The van der Waals surface area contributed by atoms with Gasteiger partial charge in [-0.05, 0) is 36.2 Å². The van der Waals surface area contributed by atoms with Gasteiger partial charge in [-0.15, -0.1) is 0 Å². The molecular weight excluding hydrogens is 448 g/mol. The van der Waals surface area contributed by atoms with Crippen LogP contribution in [-0.4, -0.2) is 5.33 Å². The van der Waals surface area contributed by atoms with Crippen molar-refractivity contribution in [2.75, 3.05) is 5.33 Å². The summed E-state index contributed by atoms with van der Waals surface area (Å²) in [5.74, 6) is 0. The average Bonchev–Trinajstić information content (AvgIpc) is 2.47. The van der Waals surface area contributed by atoms with Gasteiger partial charge in [0.1, 0.15) is 5.60 Å². The maximum absolute atomic E-state index is 6.18. The zero-order chi connectivity index (χ0) is 14.6. The van der Waals surface area contributed by atoms with Gasteiger partial charge in [0.2, 0.25) is 0 Å². The van der Waals surface area contributed by atoms with Crippen molar-refractivity contribution in [1.29, 1.82) is 0 Å². The number of hydrogen-bond donors (Lipinski definition) is 0. The summed E-state index contributed by atoms with van der Waals surface area (Å²) in [4.78, 5) is 0. The lowest BCUT2D eigenvalue weighted by atomic mass is 9.98. The average molecular weight is 463 g/mol. The largest absolute Gasteiger partial charge is 0.365 e. The maximum Gasteiger partial charge on any atom is 0.101 e. The molecule has 0 aromatic heterocycles. The molecule has 2 rings (SSSR count). The highest BCUT2D eigenvalue weighted by Gasteiger charge is 2.28. The van der Waals surface area contributed by atoms with Crippen LogP contribution in [0.15, 0.2) is 57.5 Å². The second-order valence-corrected chi connectivity index (χ2v) is 7.09. The van der Waals surface area contributed by atoms with Crippen LogP contribution in [0.25, 0.3) is 0 Å². The molecule has 1 nitrogen and oxygen atoms in total. The molecule has 0 aliphatic rings. The van der Waals surface area contributed by atoms with E-state index in [-0.39, 0.29) is 5.60 Å². The molecule has 0 spiro atoms. The van der Waals surface area contributed by atoms with Gasteiger partial charge in [0.25, 0.3) is 0 Å². The van der Waals surface area contributed by atoms with Crippen LogP contribution in [0.5, 0.6) is 0 Å². The van der Waals surface area contributed by atoms with Crippen LogP contribution < -0.4 is 0 Å². The predicted molar refractivity (Wildman–Crippen MR) is 94.2 cm³/mol. The van der Waals surface area contributed by atoms with Gasteiger partial charge in [-0.1, -0.05) is 78.1 Å². The molecule has 0 fully saturated rings. The Kier molecular flexibility index (Phi) is 5.84. The smallest absolute Gasteiger partial charge is 0.101 e. The van der Waals surface area contributed by atoms with Crippen molar-refractivity contribution in [2.45, 2.75) is 19.1 Å². The van der Waals surface area contributed by atoms with E-state index in [1.165, 1.54) is 0 Å². The Hall–Kier alpha value is -0.160. The highest BCUT2D eigenvalue weighted by molar-refractivity contribution is 9.11. The molecule has 0 heterocycles. The molecule has 0 bridgehead atoms. The molecule has 20 heavy (non-hydrogen) atoms. The van der Waals surface area contributed by atoms with Crippen LogP contribution in [0.2, 0.25) is 0 Å². The first-order valence-electron chi connectivity index (χ1n) is 6.24. The van der Waals surface area contributed by atoms with E-state index in [4.69, 9.17) is 4.74 Å². The molecule has 0 N–H and O–H groups in total. The van der Waals surface area contributed by atoms with Crippen molar-refractivity contribution in [2.24, 2.45) is 0 Å². The number of alkyl halides is 1. The Balaban J connectivity index is 2.16. The molecule has 4 heteroatoms. The maximum atomic E-state index is 6.18. The van der Waals surface area contributed by atoms with Crippen LogP contribution in [0.4, 0.5) is 0 Å². The summed E-state index contributed by atoms with van der Waals surface area (Å²) in [7, 11) is 0. The fourth-order valence-corrected chi connectivity index (χ4v) is 3.33. The fraction of sp³-hybridized carbons (Fsp3) is 0.250. The molecule has 0 saturated carbocycles. The van der Waals surface area contributed by atoms with Crippen molar-refractivity contribution in [1.82, 2.24) is 0 Å². The van der Waals surface area contributed by atoms with Gasteiger partial charge in [-0.2, -0.15) is 0 Å². The number of benzene rings is 2. The summed E-state index contributed by atoms with van der Waals surface area (Å²) >= 11 is 10.6. The molecular formula is C16H15Br3O. The first-order chi connectivity index (χ1) is 9.55. The summed E-state index contributed by atoms with van der Waals surface area (Å²) < 4.78 is 8.33. The van der Waals surface area contributed by atoms with E-state index in [2.05, 4.69) is 72.9 Å². The Morgan fingerprint density at radius 1 is 1.00 bits per heavy atom. The third kappa shape index (κ3) is 3.94. The minimum Gasteiger partial charge on any atom is -0.365 e. The second-order valence-electron chi connectivity index (χ2n) is 4.76. The van der Waals surface area contributed by atoms with Gasteiger partial charge >= 0.3 is 0 Å². The molecule has 0 amide bonds. The molecule has 2 aromatic carbocycles. The molecule has 1 atom stereocenters. The molecule has 1 unspecified atom stereocenters. The van der Waals surface area contributed by atoms with Gasteiger partial charge in [0, 0.05) is 14.3 Å². The lowest BCUT2D eigenvalue weighted by Gasteiger charge is -2.29. The first-order valence-corrected chi connectivity index (χ1v) is 8.95. The van der Waals surface area contributed by atoms with E-state index < -0.39 is 0 Å². The highest BCUT2D eigenvalue weighted by atomic mass is 79.9. The standard InChI is InChI=1S/C16H15Br3O/c1-16(11-17,14-4-2-3-5-15(14)19)20-10-12-6-8-13(18)9-7-12/h2-9H,10-11H2,1H3. The van der Waals surface area contributed by atoms with Gasteiger partial charge in [-0.3, -0.25) is 0 Å². The zero-order valence-corrected chi connectivity index (χ0v) is 15.8. The van der Waals surface area contributed by atoms with E-state index >= 15 is 0 Å². The van der Waals surface area contributed by atoms with E-state index in [9.17, 15) is 0 Å². The van der Waals surface area contributed by atoms with Crippen molar-refractivity contribution in [3.63, 3.8) is 0 Å². The van der Waals surface area contributed by atoms with Crippen molar-refractivity contribution in [3.05, 3.63) is 68.6 Å². The van der Waals surface area contributed by atoms with Crippen molar-refractivity contribution >= 4 is 47.8 Å². The molecule has 0 saturated heterocycles. The Labute approximate surface area is 145 Å². The Morgan fingerprint density at radius 3 is 2.25 bits per heavy atom. The molecule has 0 aliphatic heterocycles. The van der Waals surface area contributed by atoms with E-state index in [1.807, 2.05) is 30.3 Å². The number of ether oxygens (including phenoxy) is 1. The van der Waals surface area contributed by atoms with Crippen LogP contribution in [-0.2, 0) is 16.9 Å². The van der Waals surface area contributed by atoms with Gasteiger partial charge in [0.05, 0.1) is 6.61 Å². The van der Waals surface area contributed by atoms with Crippen LogP contribution in [0.1, 0.15) is 18.1 Å². The van der Waals surface area contributed by atoms with Crippen molar-refractivity contribution in [3.8, 4) is 0 Å². The summed E-state index contributed by atoms with van der Waals surface area (Å²) in [5, 5.41) is 0.735. The molecule has 106 valence electrons. The highest BCUT2D eigenvalue weighted by Crippen LogP contribution is 2.34. The first kappa shape index (κ1) is 16.2. The summed E-state index contributed by atoms with van der Waals surface area (Å²) in [6, 6.07) is 16.4. The normalized spacial score (nSPS) is 14.0. The minimum absolute atomic E-state index is 0.368. The van der Waals surface area contributed by atoms with Crippen LogP contribution in [0, 0.1) is 0 Å². The summed E-state index contributed by atoms with van der Waals surface area (Å²) in [6.07, 6.45) is 0. The predicted octanol–water partition coefficient (Wildman–Crippen LogP) is 6.04. The van der Waals surface area contributed by atoms with Crippen LogP contribution in [0.3, 0.4) is 0 Å². The van der Waals surface area contributed by atoms with E-state index in [1.54, 1.807) is 0 Å². The Bertz CT molecular complexity index is 568. The van der Waals surface area contributed by atoms with Gasteiger partial charge in [0.15, 0.2) is 0 Å². The molecule has 2 aromatic rings. The van der Waals surface area contributed by atoms with E-state index in [0.717, 1.165) is 25.4 Å².